The number of halogens is 1. The molecule has 1 aromatic heterocycles. The molecule has 122 valence electrons. The van der Waals surface area contributed by atoms with Crippen molar-refractivity contribution in [3.63, 3.8) is 0 Å². The normalized spacial score (nSPS) is 10.5. The highest BCUT2D eigenvalue weighted by Crippen LogP contribution is 2.16. The average Bonchev–Trinajstić information content (AvgIpc) is 2.60. The van der Waals surface area contributed by atoms with Crippen LogP contribution >= 0.6 is 15.9 Å². The van der Waals surface area contributed by atoms with Crippen molar-refractivity contribution < 1.29 is 14.3 Å². The number of carbonyl (C=O) groups excluding carboxylic acids is 1. The molecule has 6 nitrogen and oxygen atoms in total. The van der Waals surface area contributed by atoms with Gasteiger partial charge in [-0.1, -0.05) is 34.1 Å². The van der Waals surface area contributed by atoms with Gasteiger partial charge < -0.3 is 9.47 Å². The van der Waals surface area contributed by atoms with E-state index in [4.69, 9.17) is 9.47 Å². The van der Waals surface area contributed by atoms with Crippen LogP contribution in [0.4, 0.5) is 0 Å². The van der Waals surface area contributed by atoms with Crippen molar-refractivity contribution in [1.29, 1.82) is 0 Å². The lowest BCUT2D eigenvalue weighted by atomic mass is 10.1. The molecule has 0 aliphatic rings. The number of hydrogen-bond acceptors (Lipinski definition) is 5. The molecule has 1 N–H and O–H groups in total. The fourth-order valence-electron chi connectivity index (χ4n) is 2.16. The summed E-state index contributed by atoms with van der Waals surface area (Å²) in [5.41, 5.74) is -0.269. The van der Waals surface area contributed by atoms with Gasteiger partial charge in [0.25, 0.3) is 5.56 Å². The number of H-pyrrole nitrogens is 1. The molecule has 7 heteroatoms. The summed E-state index contributed by atoms with van der Waals surface area (Å²) in [6.07, 6.45) is 0. The number of esters is 1. The second kappa shape index (κ2) is 7.27. The van der Waals surface area contributed by atoms with E-state index in [1.54, 1.807) is 24.3 Å². The molecule has 0 aliphatic heterocycles. The third-order valence-electron chi connectivity index (χ3n) is 3.29. The number of rotatable bonds is 5. The molecule has 3 rings (SSSR count). The van der Waals surface area contributed by atoms with Crippen LogP contribution in [0.3, 0.4) is 0 Å². The minimum absolute atomic E-state index is 0.0734. The van der Waals surface area contributed by atoms with Crippen LogP contribution in [0.2, 0.25) is 0 Å². The van der Waals surface area contributed by atoms with E-state index >= 15 is 0 Å². The average molecular weight is 389 g/mol. The molecule has 0 fully saturated rings. The van der Waals surface area contributed by atoms with Gasteiger partial charge in [0.2, 0.25) is 0 Å². The molecule has 0 bridgehead atoms. The highest BCUT2D eigenvalue weighted by atomic mass is 79.9. The Balaban J connectivity index is 1.62. The number of benzene rings is 2. The highest BCUT2D eigenvalue weighted by Gasteiger charge is 2.15. The van der Waals surface area contributed by atoms with Crippen LogP contribution in [-0.4, -0.2) is 29.4 Å². The summed E-state index contributed by atoms with van der Waals surface area (Å²) >= 11 is 3.34. The fourth-order valence-corrected chi connectivity index (χ4v) is 2.43. The van der Waals surface area contributed by atoms with Gasteiger partial charge in [0, 0.05) is 9.86 Å². The smallest absolute Gasteiger partial charge is 0.359 e. The summed E-state index contributed by atoms with van der Waals surface area (Å²) in [5, 5.41) is 6.95. The topological polar surface area (TPSA) is 81.3 Å². The first-order valence-electron chi connectivity index (χ1n) is 7.18. The van der Waals surface area contributed by atoms with Crippen molar-refractivity contribution in [2.45, 2.75) is 0 Å². The van der Waals surface area contributed by atoms with Gasteiger partial charge in [0.05, 0.1) is 5.39 Å². The summed E-state index contributed by atoms with van der Waals surface area (Å²) in [7, 11) is 0. The van der Waals surface area contributed by atoms with Crippen LogP contribution in [0.25, 0.3) is 10.8 Å². The Morgan fingerprint density at radius 3 is 2.50 bits per heavy atom. The van der Waals surface area contributed by atoms with Crippen molar-refractivity contribution in [3.05, 3.63) is 69.1 Å². The Kier molecular flexibility index (Phi) is 4.90. The van der Waals surface area contributed by atoms with E-state index in [0.29, 0.717) is 16.5 Å². The highest BCUT2D eigenvalue weighted by molar-refractivity contribution is 9.10. The Labute approximate surface area is 145 Å². The molecule has 0 spiro atoms. The third kappa shape index (κ3) is 3.62. The summed E-state index contributed by atoms with van der Waals surface area (Å²) < 4.78 is 11.6. The number of ether oxygens (including phenoxy) is 2. The van der Waals surface area contributed by atoms with E-state index < -0.39 is 5.97 Å². The largest absolute Gasteiger partial charge is 0.490 e. The molecule has 3 aromatic rings. The molecule has 0 saturated carbocycles. The van der Waals surface area contributed by atoms with E-state index in [1.165, 1.54) is 0 Å². The SMILES string of the molecule is O=C(OCCOc1ccc(Br)cc1)c1n[nH]c(=O)c2ccccc12. The molecule has 0 aliphatic carbocycles. The van der Waals surface area contributed by atoms with Gasteiger partial charge in [0.15, 0.2) is 5.69 Å². The molecular formula is C17H13BrN2O4. The van der Waals surface area contributed by atoms with E-state index in [9.17, 15) is 9.59 Å². The quantitative estimate of drug-likeness (QED) is 0.536. The van der Waals surface area contributed by atoms with Crippen LogP contribution in [-0.2, 0) is 4.74 Å². The van der Waals surface area contributed by atoms with Crippen molar-refractivity contribution in [2.24, 2.45) is 0 Å². The molecular weight excluding hydrogens is 376 g/mol. The number of hydrogen-bond donors (Lipinski definition) is 1. The number of aromatic nitrogens is 2. The maximum Gasteiger partial charge on any atom is 0.359 e. The van der Waals surface area contributed by atoms with Crippen LogP contribution in [0.5, 0.6) is 5.75 Å². The van der Waals surface area contributed by atoms with Gasteiger partial charge in [0.1, 0.15) is 19.0 Å². The van der Waals surface area contributed by atoms with Gasteiger partial charge in [-0.05, 0) is 30.3 Å². The Morgan fingerprint density at radius 2 is 1.75 bits per heavy atom. The first-order chi connectivity index (χ1) is 11.6. The zero-order valence-corrected chi connectivity index (χ0v) is 14.1. The number of nitrogens with zero attached hydrogens (tertiary/aromatic N) is 1. The fraction of sp³-hybridized carbons (Fsp3) is 0.118. The second-order valence-electron chi connectivity index (χ2n) is 4.89. The molecule has 2 aromatic carbocycles. The maximum absolute atomic E-state index is 12.2. The van der Waals surface area contributed by atoms with Gasteiger partial charge in [-0.2, -0.15) is 5.10 Å². The summed E-state index contributed by atoms with van der Waals surface area (Å²) in [5.74, 6) is 0.0729. The predicted octanol–water partition coefficient (Wildman–Crippen LogP) is 2.92. The number of fused-ring (bicyclic) bond motifs is 1. The molecule has 1 heterocycles. The summed E-state index contributed by atoms with van der Waals surface area (Å²) in [4.78, 5) is 23.9. The minimum atomic E-state index is -0.609. The van der Waals surface area contributed by atoms with Gasteiger partial charge >= 0.3 is 5.97 Å². The second-order valence-corrected chi connectivity index (χ2v) is 5.80. The van der Waals surface area contributed by atoms with Gasteiger partial charge in [-0.25, -0.2) is 9.89 Å². The minimum Gasteiger partial charge on any atom is -0.490 e. The van der Waals surface area contributed by atoms with Crippen molar-refractivity contribution >= 4 is 32.7 Å². The first kappa shape index (κ1) is 16.2. The lowest BCUT2D eigenvalue weighted by Gasteiger charge is -2.08. The van der Waals surface area contributed by atoms with Crippen molar-refractivity contribution in [3.8, 4) is 5.75 Å². The van der Waals surface area contributed by atoms with E-state index in [2.05, 4.69) is 26.1 Å². The number of carbonyl (C=O) groups is 1. The van der Waals surface area contributed by atoms with Crippen LogP contribution in [0, 0.1) is 0 Å². The Hall–Kier alpha value is -2.67. The molecule has 0 amide bonds. The molecule has 0 saturated heterocycles. The number of nitrogens with one attached hydrogen (secondary N) is 1. The van der Waals surface area contributed by atoms with Crippen molar-refractivity contribution in [2.75, 3.05) is 13.2 Å². The maximum atomic E-state index is 12.2. The Bertz CT molecular complexity index is 922. The van der Waals surface area contributed by atoms with E-state index in [0.717, 1.165) is 4.47 Å². The third-order valence-corrected chi connectivity index (χ3v) is 3.82. The molecule has 0 unspecified atom stereocenters. The lowest BCUT2D eigenvalue weighted by Crippen LogP contribution is -2.18. The standard InChI is InChI=1S/C17H13BrN2O4/c18-11-5-7-12(8-6-11)23-9-10-24-17(22)15-13-3-1-2-4-14(13)16(21)20-19-15/h1-8H,9-10H2,(H,20,21). The first-order valence-corrected chi connectivity index (χ1v) is 7.97. The van der Waals surface area contributed by atoms with E-state index in [1.807, 2.05) is 24.3 Å². The number of aromatic amines is 1. The molecule has 24 heavy (non-hydrogen) atoms. The summed E-state index contributed by atoms with van der Waals surface area (Å²) in [6, 6.07) is 14.1. The van der Waals surface area contributed by atoms with Gasteiger partial charge in [-0.3, -0.25) is 4.79 Å². The van der Waals surface area contributed by atoms with Gasteiger partial charge in [-0.15, -0.1) is 0 Å². The van der Waals surface area contributed by atoms with Crippen LogP contribution in [0.15, 0.2) is 57.8 Å². The zero-order valence-electron chi connectivity index (χ0n) is 12.5. The van der Waals surface area contributed by atoms with Crippen LogP contribution in [0.1, 0.15) is 10.5 Å². The van der Waals surface area contributed by atoms with Crippen molar-refractivity contribution in [1.82, 2.24) is 10.2 Å². The van der Waals surface area contributed by atoms with E-state index in [-0.39, 0.29) is 24.5 Å². The zero-order chi connectivity index (χ0) is 16.9. The monoisotopic (exact) mass is 388 g/mol. The van der Waals surface area contributed by atoms with Crippen LogP contribution < -0.4 is 10.3 Å². The Morgan fingerprint density at radius 1 is 1.04 bits per heavy atom. The molecule has 0 radical (unpaired) electrons. The summed E-state index contributed by atoms with van der Waals surface area (Å²) in [6.45, 7) is 0.290. The predicted molar refractivity (Wildman–Crippen MR) is 92.3 cm³/mol. The lowest BCUT2D eigenvalue weighted by molar-refractivity contribution is 0.0445. The molecule has 0 atom stereocenters.